The Labute approximate surface area is 169 Å². The Bertz CT molecular complexity index is 1060. The van der Waals surface area contributed by atoms with Crippen LogP contribution in [0.3, 0.4) is 0 Å². The van der Waals surface area contributed by atoms with Crippen molar-refractivity contribution in [2.75, 3.05) is 32.1 Å². The second-order valence-electron chi connectivity index (χ2n) is 7.39. The van der Waals surface area contributed by atoms with Crippen LogP contribution >= 0.6 is 0 Å². The molecular formula is C20H24N8O. The number of anilines is 1. The Balaban J connectivity index is 1.71. The second kappa shape index (κ2) is 7.57. The van der Waals surface area contributed by atoms with E-state index in [2.05, 4.69) is 29.9 Å². The molecule has 9 nitrogen and oxygen atoms in total. The van der Waals surface area contributed by atoms with Gasteiger partial charge in [-0.1, -0.05) is 0 Å². The molecule has 0 radical (unpaired) electrons. The molecule has 1 aliphatic rings. The molecule has 0 saturated carbocycles. The van der Waals surface area contributed by atoms with Gasteiger partial charge in [0.15, 0.2) is 17.3 Å². The number of hydrogen-bond acceptors (Lipinski definition) is 7. The lowest BCUT2D eigenvalue weighted by Gasteiger charge is -2.18. The van der Waals surface area contributed by atoms with Crippen LogP contribution in [0.4, 0.5) is 5.82 Å². The van der Waals surface area contributed by atoms with E-state index in [1.807, 2.05) is 13.8 Å². The zero-order chi connectivity index (χ0) is 20.5. The normalized spacial score (nSPS) is 14.3. The van der Waals surface area contributed by atoms with Gasteiger partial charge in [0.05, 0.1) is 11.4 Å². The van der Waals surface area contributed by atoms with Crippen molar-refractivity contribution in [3.05, 3.63) is 41.0 Å². The maximum Gasteiger partial charge on any atom is 0.272 e. The SMILES string of the molecule is Cc1ncc(C)n2nc(/C=C/c3nc(C(=O)N(C)C)cc(N4CCCC4)n3)nc12. The van der Waals surface area contributed by atoms with Crippen LogP contribution in [-0.2, 0) is 0 Å². The predicted octanol–water partition coefficient (Wildman–Crippen LogP) is 2.00. The second-order valence-corrected chi connectivity index (χ2v) is 7.39. The number of nitrogens with zero attached hydrogens (tertiary/aromatic N) is 8. The molecule has 1 fully saturated rings. The molecule has 0 spiro atoms. The van der Waals surface area contributed by atoms with Gasteiger partial charge in [-0.25, -0.2) is 19.5 Å². The molecule has 3 aromatic heterocycles. The summed E-state index contributed by atoms with van der Waals surface area (Å²) >= 11 is 0. The molecule has 3 aromatic rings. The Morgan fingerprint density at radius 2 is 1.79 bits per heavy atom. The average Bonchev–Trinajstić information content (AvgIpc) is 3.39. The maximum atomic E-state index is 12.5. The Hall–Kier alpha value is -3.36. The summed E-state index contributed by atoms with van der Waals surface area (Å²) in [6.07, 6.45) is 7.54. The van der Waals surface area contributed by atoms with Crippen LogP contribution < -0.4 is 4.90 Å². The molecule has 0 bridgehead atoms. The van der Waals surface area contributed by atoms with E-state index in [4.69, 9.17) is 0 Å². The highest BCUT2D eigenvalue weighted by Crippen LogP contribution is 2.20. The zero-order valence-electron chi connectivity index (χ0n) is 17.1. The molecule has 1 saturated heterocycles. The molecule has 0 N–H and O–H groups in total. The highest BCUT2D eigenvalue weighted by molar-refractivity contribution is 5.93. The smallest absolute Gasteiger partial charge is 0.272 e. The van der Waals surface area contributed by atoms with Crippen molar-refractivity contribution >= 4 is 29.5 Å². The molecule has 9 heteroatoms. The van der Waals surface area contributed by atoms with Crippen LogP contribution in [0, 0.1) is 13.8 Å². The molecular weight excluding hydrogens is 368 g/mol. The summed E-state index contributed by atoms with van der Waals surface area (Å²) in [4.78, 5) is 34.1. The predicted molar refractivity (Wildman–Crippen MR) is 111 cm³/mol. The van der Waals surface area contributed by atoms with E-state index >= 15 is 0 Å². The molecule has 0 unspecified atom stereocenters. The number of hydrogen-bond donors (Lipinski definition) is 0. The molecule has 4 rings (SSSR count). The number of carbonyl (C=O) groups excluding carboxylic acids is 1. The number of aryl methyl sites for hydroxylation is 2. The van der Waals surface area contributed by atoms with E-state index in [0.717, 1.165) is 48.8 Å². The highest BCUT2D eigenvalue weighted by Gasteiger charge is 2.19. The van der Waals surface area contributed by atoms with E-state index in [1.165, 1.54) is 4.90 Å². The van der Waals surface area contributed by atoms with E-state index in [0.29, 0.717) is 17.3 Å². The molecule has 4 heterocycles. The summed E-state index contributed by atoms with van der Waals surface area (Å²) in [5.74, 6) is 1.64. The molecule has 1 aliphatic heterocycles. The van der Waals surface area contributed by atoms with Crippen molar-refractivity contribution < 1.29 is 4.79 Å². The summed E-state index contributed by atoms with van der Waals surface area (Å²) in [6, 6.07) is 1.77. The fourth-order valence-corrected chi connectivity index (χ4v) is 3.30. The van der Waals surface area contributed by atoms with Gasteiger partial charge in [0.25, 0.3) is 5.91 Å². The lowest BCUT2D eigenvalue weighted by Crippen LogP contribution is -2.25. The monoisotopic (exact) mass is 392 g/mol. The minimum atomic E-state index is -0.148. The van der Waals surface area contributed by atoms with E-state index < -0.39 is 0 Å². The number of amides is 1. The van der Waals surface area contributed by atoms with E-state index in [-0.39, 0.29) is 5.91 Å². The fraction of sp³-hybridized carbons (Fsp3) is 0.400. The average molecular weight is 392 g/mol. The number of aromatic nitrogens is 6. The minimum Gasteiger partial charge on any atom is -0.356 e. The van der Waals surface area contributed by atoms with Crippen LogP contribution in [0.1, 0.15) is 46.4 Å². The van der Waals surface area contributed by atoms with Gasteiger partial charge in [0.1, 0.15) is 11.5 Å². The first kappa shape index (κ1) is 19.0. The molecule has 1 amide bonds. The number of carbonyl (C=O) groups is 1. The maximum absolute atomic E-state index is 12.5. The number of rotatable bonds is 4. The summed E-state index contributed by atoms with van der Waals surface area (Å²) in [6.45, 7) is 5.71. The first-order valence-corrected chi connectivity index (χ1v) is 9.65. The topological polar surface area (TPSA) is 92.4 Å². The summed E-state index contributed by atoms with van der Waals surface area (Å²) in [5, 5.41) is 4.51. The van der Waals surface area contributed by atoms with Crippen molar-refractivity contribution in [1.29, 1.82) is 0 Å². The van der Waals surface area contributed by atoms with Crippen molar-refractivity contribution in [2.24, 2.45) is 0 Å². The van der Waals surface area contributed by atoms with Crippen LogP contribution in [0.25, 0.3) is 17.8 Å². The summed E-state index contributed by atoms with van der Waals surface area (Å²) < 4.78 is 1.77. The minimum absolute atomic E-state index is 0.148. The van der Waals surface area contributed by atoms with Gasteiger partial charge in [-0.15, -0.1) is 5.10 Å². The van der Waals surface area contributed by atoms with Crippen molar-refractivity contribution in [1.82, 2.24) is 34.4 Å². The quantitative estimate of drug-likeness (QED) is 0.670. The van der Waals surface area contributed by atoms with E-state index in [1.54, 1.807) is 43.0 Å². The van der Waals surface area contributed by atoms with Crippen LogP contribution in [-0.4, -0.2) is 67.5 Å². The van der Waals surface area contributed by atoms with Gasteiger partial charge < -0.3 is 9.80 Å². The zero-order valence-corrected chi connectivity index (χ0v) is 17.1. The standard InChI is InChI=1S/C20H24N8O/c1-13-12-21-14(2)19-24-17(25-28(13)19)8-7-16-22-15(20(29)26(3)4)11-18(23-16)27-9-5-6-10-27/h7-8,11-12H,5-6,9-10H2,1-4H3/b8-7+. The van der Waals surface area contributed by atoms with Gasteiger partial charge in [0, 0.05) is 39.4 Å². The van der Waals surface area contributed by atoms with Crippen LogP contribution in [0.2, 0.25) is 0 Å². The van der Waals surface area contributed by atoms with Crippen LogP contribution in [0.15, 0.2) is 12.3 Å². The van der Waals surface area contributed by atoms with E-state index in [9.17, 15) is 4.79 Å². The Kier molecular flexibility index (Phi) is 4.96. The van der Waals surface area contributed by atoms with Gasteiger partial charge >= 0.3 is 0 Å². The Morgan fingerprint density at radius 3 is 2.48 bits per heavy atom. The third-order valence-corrected chi connectivity index (χ3v) is 4.89. The molecule has 29 heavy (non-hydrogen) atoms. The van der Waals surface area contributed by atoms with Crippen molar-refractivity contribution in [3.63, 3.8) is 0 Å². The molecule has 150 valence electrons. The van der Waals surface area contributed by atoms with Gasteiger partial charge in [-0.05, 0) is 38.8 Å². The number of fused-ring (bicyclic) bond motifs is 1. The van der Waals surface area contributed by atoms with Crippen molar-refractivity contribution in [3.8, 4) is 0 Å². The largest absolute Gasteiger partial charge is 0.356 e. The van der Waals surface area contributed by atoms with Gasteiger partial charge in [-0.3, -0.25) is 9.78 Å². The summed E-state index contributed by atoms with van der Waals surface area (Å²) in [7, 11) is 3.43. The first-order chi connectivity index (χ1) is 13.9. The molecule has 0 aromatic carbocycles. The highest BCUT2D eigenvalue weighted by atomic mass is 16.2. The lowest BCUT2D eigenvalue weighted by molar-refractivity contribution is 0.0821. The third-order valence-electron chi connectivity index (χ3n) is 4.89. The molecule has 0 atom stereocenters. The third kappa shape index (κ3) is 3.80. The van der Waals surface area contributed by atoms with Gasteiger partial charge in [-0.2, -0.15) is 0 Å². The summed E-state index contributed by atoms with van der Waals surface area (Å²) in [5.41, 5.74) is 2.82. The van der Waals surface area contributed by atoms with Gasteiger partial charge in [0.2, 0.25) is 0 Å². The van der Waals surface area contributed by atoms with Crippen LogP contribution in [0.5, 0.6) is 0 Å². The molecule has 0 aliphatic carbocycles. The Morgan fingerprint density at radius 1 is 1.07 bits per heavy atom. The van der Waals surface area contributed by atoms with Crippen molar-refractivity contribution in [2.45, 2.75) is 26.7 Å². The fourth-order valence-electron chi connectivity index (χ4n) is 3.30. The lowest BCUT2D eigenvalue weighted by atomic mass is 10.3. The first-order valence-electron chi connectivity index (χ1n) is 9.65.